The van der Waals surface area contributed by atoms with Crippen molar-refractivity contribution in [3.05, 3.63) is 115 Å². The van der Waals surface area contributed by atoms with Gasteiger partial charge in [-0.05, 0) is 49.4 Å². The molecule has 30 heavy (non-hydrogen) atoms. The summed E-state index contributed by atoms with van der Waals surface area (Å²) in [6.07, 6.45) is 8.20. The molecule has 154 valence electrons. The van der Waals surface area contributed by atoms with E-state index in [-0.39, 0.29) is 23.0 Å². The van der Waals surface area contributed by atoms with E-state index in [0.29, 0.717) is 6.61 Å². The van der Waals surface area contributed by atoms with Gasteiger partial charge in [-0.2, -0.15) is 0 Å². The average molecular weight is 481 g/mol. The Labute approximate surface area is 190 Å². The molecule has 0 saturated carbocycles. The molecule has 0 heterocycles. The lowest BCUT2D eigenvalue weighted by Gasteiger charge is -2.26. The van der Waals surface area contributed by atoms with Crippen LogP contribution < -0.4 is 32.9 Å². The van der Waals surface area contributed by atoms with Crippen LogP contribution in [-0.2, 0) is 9.53 Å². The first kappa shape index (κ1) is 23.8. The first-order valence-electron chi connectivity index (χ1n) is 9.82. The Morgan fingerprint density at radius 3 is 1.60 bits per heavy atom. The van der Waals surface area contributed by atoms with Crippen molar-refractivity contribution >= 4 is 29.1 Å². The molecule has 0 atom stereocenters. The number of ether oxygens (including phenoxy) is 1. The molecule has 0 aromatic heterocycles. The largest absolute Gasteiger partial charge is 1.00 e. The molecule has 0 aliphatic carbocycles. The summed E-state index contributed by atoms with van der Waals surface area (Å²) in [5, 5.41) is 4.03. The van der Waals surface area contributed by atoms with Crippen LogP contribution in [0.3, 0.4) is 0 Å². The Kier molecular flexibility index (Phi) is 9.73. The molecule has 0 unspecified atom stereocenters. The third kappa shape index (κ3) is 5.78. The Bertz CT molecular complexity index is 857. The van der Waals surface area contributed by atoms with Crippen molar-refractivity contribution in [1.29, 1.82) is 0 Å². The number of esters is 1. The molecular formula is C26H26BrO2P. The molecule has 3 aromatic carbocycles. The van der Waals surface area contributed by atoms with Crippen molar-refractivity contribution in [2.75, 3.05) is 12.8 Å². The molecule has 0 radical (unpaired) electrons. The molecule has 0 aliphatic heterocycles. The minimum atomic E-state index is -1.87. The number of carbonyl (C=O) groups is 1. The van der Waals surface area contributed by atoms with Gasteiger partial charge in [0.2, 0.25) is 0 Å². The maximum Gasteiger partial charge on any atom is 0.330 e. The van der Waals surface area contributed by atoms with E-state index in [1.807, 2.05) is 6.08 Å². The van der Waals surface area contributed by atoms with E-state index in [1.54, 1.807) is 13.0 Å². The number of halogens is 1. The topological polar surface area (TPSA) is 26.3 Å². The first-order chi connectivity index (χ1) is 14.3. The normalized spacial score (nSPS) is 11.4. The number of carbonyl (C=O) groups excluding carboxylic acids is 1. The standard InChI is InChI=1S/C26H26O2P.BrH/c1-2-28-26(27)21-13-6-14-22-29(23-15-7-3-8-16-23,24-17-9-4-10-18-24)25-19-11-5-12-20-25;/h3-21H,2,22H2,1H3;1H/q+1;/p-1. The fraction of sp³-hybridized carbons (Fsp3) is 0.115. The van der Waals surface area contributed by atoms with Crippen LogP contribution >= 0.6 is 7.26 Å². The van der Waals surface area contributed by atoms with E-state index in [9.17, 15) is 4.79 Å². The van der Waals surface area contributed by atoms with Gasteiger partial charge in [0, 0.05) is 6.08 Å². The fourth-order valence-corrected chi connectivity index (χ4v) is 7.44. The van der Waals surface area contributed by atoms with Crippen molar-refractivity contribution in [3.63, 3.8) is 0 Å². The van der Waals surface area contributed by atoms with Crippen molar-refractivity contribution in [1.82, 2.24) is 0 Å². The zero-order valence-corrected chi connectivity index (χ0v) is 19.5. The maximum atomic E-state index is 11.5. The van der Waals surface area contributed by atoms with Crippen molar-refractivity contribution < 1.29 is 26.5 Å². The number of benzene rings is 3. The molecule has 0 aliphatic rings. The average Bonchev–Trinajstić information content (AvgIpc) is 2.78. The van der Waals surface area contributed by atoms with Gasteiger partial charge in [-0.1, -0.05) is 66.7 Å². The van der Waals surface area contributed by atoms with Crippen molar-refractivity contribution in [3.8, 4) is 0 Å². The lowest BCUT2D eigenvalue weighted by molar-refractivity contribution is -0.137. The van der Waals surface area contributed by atoms with Gasteiger partial charge in [0.1, 0.15) is 23.2 Å². The number of hydrogen-bond donors (Lipinski definition) is 0. The van der Waals surface area contributed by atoms with E-state index in [0.717, 1.165) is 6.16 Å². The predicted molar refractivity (Wildman–Crippen MR) is 125 cm³/mol. The van der Waals surface area contributed by atoms with Gasteiger partial charge in [-0.15, -0.1) is 0 Å². The summed E-state index contributed by atoms with van der Waals surface area (Å²) in [6, 6.07) is 32.2. The molecule has 3 rings (SSSR count). The van der Waals surface area contributed by atoms with E-state index < -0.39 is 7.26 Å². The van der Waals surface area contributed by atoms with Gasteiger partial charge >= 0.3 is 5.97 Å². The Morgan fingerprint density at radius 2 is 1.20 bits per heavy atom. The monoisotopic (exact) mass is 480 g/mol. The van der Waals surface area contributed by atoms with Crippen LogP contribution in [0.2, 0.25) is 0 Å². The molecule has 0 N–H and O–H groups in total. The summed E-state index contributed by atoms with van der Waals surface area (Å²) >= 11 is 0. The van der Waals surface area contributed by atoms with Gasteiger partial charge in [0.05, 0.1) is 12.8 Å². The predicted octanol–water partition coefficient (Wildman–Crippen LogP) is 1.66. The van der Waals surface area contributed by atoms with Crippen LogP contribution in [0.5, 0.6) is 0 Å². The molecule has 0 saturated heterocycles. The number of allylic oxidation sites excluding steroid dienone is 3. The zero-order chi connectivity index (χ0) is 20.4. The van der Waals surface area contributed by atoms with Crippen LogP contribution in [-0.4, -0.2) is 18.7 Å². The second kappa shape index (κ2) is 12.3. The van der Waals surface area contributed by atoms with E-state index in [2.05, 4.69) is 97.1 Å². The number of hydrogen-bond acceptors (Lipinski definition) is 2. The molecule has 0 fully saturated rings. The first-order valence-corrected chi connectivity index (χ1v) is 11.8. The van der Waals surface area contributed by atoms with E-state index >= 15 is 0 Å². The van der Waals surface area contributed by atoms with Crippen LogP contribution in [0.25, 0.3) is 0 Å². The molecule has 0 amide bonds. The Hall–Kier alpha value is -2.48. The number of rotatable bonds is 8. The summed E-state index contributed by atoms with van der Waals surface area (Å²) < 4.78 is 4.94. The quantitative estimate of drug-likeness (QED) is 0.212. The highest BCUT2D eigenvalue weighted by Crippen LogP contribution is 2.55. The van der Waals surface area contributed by atoms with Gasteiger partial charge in [0.25, 0.3) is 0 Å². The van der Waals surface area contributed by atoms with Crippen molar-refractivity contribution in [2.24, 2.45) is 0 Å². The molecule has 0 spiro atoms. The van der Waals surface area contributed by atoms with Crippen LogP contribution in [0, 0.1) is 0 Å². The maximum absolute atomic E-state index is 11.5. The molecule has 4 heteroatoms. The van der Waals surface area contributed by atoms with Gasteiger partial charge in [-0.3, -0.25) is 0 Å². The van der Waals surface area contributed by atoms with E-state index in [4.69, 9.17) is 4.74 Å². The summed E-state index contributed by atoms with van der Waals surface area (Å²) in [7, 11) is -1.87. The van der Waals surface area contributed by atoms with Crippen LogP contribution in [0.15, 0.2) is 115 Å². The zero-order valence-electron chi connectivity index (χ0n) is 17.0. The second-order valence-electron chi connectivity index (χ2n) is 6.54. The summed E-state index contributed by atoms with van der Waals surface area (Å²) in [4.78, 5) is 11.5. The highest BCUT2D eigenvalue weighted by molar-refractivity contribution is 7.95. The van der Waals surface area contributed by atoms with Crippen LogP contribution in [0.4, 0.5) is 0 Å². The Balaban J connectivity index is 0.00000320. The lowest BCUT2D eigenvalue weighted by atomic mass is 10.4. The van der Waals surface area contributed by atoms with Crippen molar-refractivity contribution in [2.45, 2.75) is 6.92 Å². The molecule has 3 aromatic rings. The smallest absolute Gasteiger partial charge is 0.330 e. The van der Waals surface area contributed by atoms with Gasteiger partial charge < -0.3 is 21.7 Å². The summed E-state index contributed by atoms with van der Waals surface area (Å²) in [5.41, 5.74) is 0. The Morgan fingerprint density at radius 1 is 0.767 bits per heavy atom. The summed E-state index contributed by atoms with van der Waals surface area (Å²) in [5.74, 6) is -0.313. The SMILES string of the molecule is CCOC(=O)C=CC=CC[P+](c1ccccc1)(c1ccccc1)c1ccccc1.[Br-]. The van der Waals surface area contributed by atoms with Gasteiger partial charge in [0.15, 0.2) is 0 Å². The highest BCUT2D eigenvalue weighted by Gasteiger charge is 2.43. The fourth-order valence-electron chi connectivity index (χ4n) is 3.43. The van der Waals surface area contributed by atoms with E-state index in [1.165, 1.54) is 22.0 Å². The lowest BCUT2D eigenvalue weighted by Crippen LogP contribution is -3.00. The van der Waals surface area contributed by atoms with Crippen LogP contribution in [0.1, 0.15) is 6.92 Å². The highest BCUT2D eigenvalue weighted by atomic mass is 79.9. The molecule has 2 nitrogen and oxygen atoms in total. The summed E-state index contributed by atoms with van der Waals surface area (Å²) in [6.45, 7) is 2.19. The van der Waals surface area contributed by atoms with Gasteiger partial charge in [-0.25, -0.2) is 4.79 Å². The molecular weight excluding hydrogens is 455 g/mol. The molecule has 0 bridgehead atoms. The third-order valence-electron chi connectivity index (χ3n) is 4.74. The second-order valence-corrected chi connectivity index (χ2v) is 10.1. The minimum Gasteiger partial charge on any atom is -1.00 e. The minimum absolute atomic E-state index is 0. The third-order valence-corrected chi connectivity index (χ3v) is 9.03.